The monoisotopic (exact) mass is 823 g/mol. The number of hydrogen-bond acceptors (Lipinski definition) is 8. The summed E-state index contributed by atoms with van der Waals surface area (Å²) < 4.78 is 17.1. The van der Waals surface area contributed by atoms with E-state index < -0.39 is 0 Å². The summed E-state index contributed by atoms with van der Waals surface area (Å²) in [5.74, 6) is 0.914. The molecule has 0 saturated heterocycles. The summed E-state index contributed by atoms with van der Waals surface area (Å²) in [7, 11) is 1.95. The highest BCUT2D eigenvalue weighted by Crippen LogP contribution is 2.24. The summed E-state index contributed by atoms with van der Waals surface area (Å²) in [4.78, 5) is 38.2. The second-order valence-corrected chi connectivity index (χ2v) is 17.5. The van der Waals surface area contributed by atoms with Gasteiger partial charge in [-0.1, -0.05) is 169 Å². The van der Waals surface area contributed by atoms with E-state index in [1.54, 1.807) is 0 Å². The van der Waals surface area contributed by atoms with Crippen LogP contribution in [0.5, 0.6) is 0 Å². The Kier molecular flexibility index (Phi) is 43.6. The van der Waals surface area contributed by atoms with Crippen molar-refractivity contribution in [3.63, 3.8) is 0 Å². The molecule has 0 spiro atoms. The fourth-order valence-electron chi connectivity index (χ4n) is 8.00. The van der Waals surface area contributed by atoms with Gasteiger partial charge in [-0.25, -0.2) is 0 Å². The molecule has 0 amide bonds. The molecule has 0 aromatic rings. The maximum absolute atomic E-state index is 13.1. The van der Waals surface area contributed by atoms with Gasteiger partial charge in [0.05, 0.1) is 25.7 Å². The first-order valence-electron chi connectivity index (χ1n) is 25.2. The normalized spacial score (nSPS) is 11.6. The summed E-state index contributed by atoms with van der Waals surface area (Å²) in [6, 6.07) is 0. The second kappa shape index (κ2) is 44.9. The maximum Gasteiger partial charge on any atom is 0.308 e. The molecular weight excluding hydrogens is 725 g/mol. The molecular formula is C50H98N2O6. The van der Waals surface area contributed by atoms with Crippen molar-refractivity contribution in [1.82, 2.24) is 10.6 Å². The second-order valence-electron chi connectivity index (χ2n) is 17.5. The van der Waals surface area contributed by atoms with Gasteiger partial charge in [0.1, 0.15) is 0 Å². The minimum absolute atomic E-state index is 0.00616. The Bertz CT molecular complexity index is 825. The van der Waals surface area contributed by atoms with Crippen LogP contribution in [0, 0.1) is 17.8 Å². The van der Waals surface area contributed by atoms with Gasteiger partial charge in [-0.3, -0.25) is 14.4 Å². The number of nitrogens with one attached hydrogen (secondary N) is 2. The Morgan fingerprint density at radius 2 is 0.759 bits per heavy atom. The number of rotatable bonds is 46. The van der Waals surface area contributed by atoms with Gasteiger partial charge in [0, 0.05) is 25.9 Å². The van der Waals surface area contributed by atoms with E-state index in [1.807, 2.05) is 7.05 Å². The largest absolute Gasteiger partial charge is 0.466 e. The topological polar surface area (TPSA) is 103 Å². The highest BCUT2D eigenvalue weighted by atomic mass is 16.5. The van der Waals surface area contributed by atoms with Crippen LogP contribution in [0.4, 0.5) is 0 Å². The van der Waals surface area contributed by atoms with Crippen LogP contribution >= 0.6 is 0 Å². The molecule has 8 heteroatoms. The zero-order valence-electron chi connectivity index (χ0n) is 39.3. The van der Waals surface area contributed by atoms with Gasteiger partial charge in [-0.05, 0) is 83.2 Å². The number of esters is 3. The summed E-state index contributed by atoms with van der Waals surface area (Å²) in [5.41, 5.74) is 0. The highest BCUT2D eigenvalue weighted by molar-refractivity contribution is 5.72. The molecule has 0 aliphatic rings. The van der Waals surface area contributed by atoms with E-state index in [1.165, 1.54) is 77.0 Å². The first-order valence-corrected chi connectivity index (χ1v) is 25.2. The van der Waals surface area contributed by atoms with E-state index in [-0.39, 0.29) is 23.8 Å². The van der Waals surface area contributed by atoms with Crippen LogP contribution in [0.15, 0.2) is 0 Å². The molecule has 0 atom stereocenters. The molecule has 0 aliphatic carbocycles. The van der Waals surface area contributed by atoms with Crippen LogP contribution in [-0.2, 0) is 28.6 Å². The van der Waals surface area contributed by atoms with E-state index in [0.717, 1.165) is 142 Å². The number of carbonyl (C=O) groups excluding carboxylic acids is 3. The number of ether oxygens (including phenoxy) is 3. The lowest BCUT2D eigenvalue weighted by atomic mass is 9.92. The third kappa shape index (κ3) is 38.5. The van der Waals surface area contributed by atoms with Crippen LogP contribution < -0.4 is 10.6 Å². The van der Waals surface area contributed by atoms with Crippen molar-refractivity contribution in [2.75, 3.05) is 46.5 Å². The smallest absolute Gasteiger partial charge is 0.308 e. The quantitative estimate of drug-likeness (QED) is 0.0355. The summed E-state index contributed by atoms with van der Waals surface area (Å²) in [5, 5.41) is 6.51. The molecule has 0 fully saturated rings. The van der Waals surface area contributed by atoms with E-state index in [2.05, 4.69) is 38.3 Å². The molecule has 0 radical (unpaired) electrons. The van der Waals surface area contributed by atoms with E-state index in [0.29, 0.717) is 44.5 Å². The van der Waals surface area contributed by atoms with Gasteiger partial charge < -0.3 is 24.8 Å². The van der Waals surface area contributed by atoms with E-state index >= 15 is 0 Å². The first-order chi connectivity index (χ1) is 28.4. The molecule has 0 aromatic heterocycles. The van der Waals surface area contributed by atoms with Crippen LogP contribution in [0.3, 0.4) is 0 Å². The number of carbonyl (C=O) groups is 3. The van der Waals surface area contributed by atoms with Crippen molar-refractivity contribution in [3.05, 3.63) is 0 Å². The minimum Gasteiger partial charge on any atom is -0.466 e. The molecule has 0 unspecified atom stereocenters. The fraction of sp³-hybridized carbons (Fsp3) is 0.940. The predicted octanol–water partition coefficient (Wildman–Crippen LogP) is 13.2. The first kappa shape index (κ1) is 56.3. The van der Waals surface area contributed by atoms with Gasteiger partial charge in [0.25, 0.3) is 0 Å². The molecule has 344 valence electrons. The maximum atomic E-state index is 13.1. The van der Waals surface area contributed by atoms with Crippen LogP contribution in [0.25, 0.3) is 0 Å². The molecule has 58 heavy (non-hydrogen) atoms. The molecule has 0 rings (SSSR count). The average Bonchev–Trinajstić information content (AvgIpc) is 3.21. The Morgan fingerprint density at radius 3 is 1.16 bits per heavy atom. The Balaban J connectivity index is 4.40. The summed E-state index contributed by atoms with van der Waals surface area (Å²) in [6.45, 7) is 13.2. The molecule has 2 N–H and O–H groups in total. The molecule has 0 aliphatic heterocycles. The van der Waals surface area contributed by atoms with Gasteiger partial charge >= 0.3 is 17.9 Å². The molecule has 0 heterocycles. The van der Waals surface area contributed by atoms with Crippen LogP contribution in [-0.4, -0.2) is 64.4 Å². The SMILES string of the molecule is CCCCCC(CCCCC)CC(=O)OCCCCCCCCC(CCCCCCCCOC(=O)CC(CCCCC)CCCCC)C(=O)OCCCNCCNC. The highest BCUT2D eigenvalue weighted by Gasteiger charge is 2.20. The van der Waals surface area contributed by atoms with Gasteiger partial charge in [0.15, 0.2) is 0 Å². The van der Waals surface area contributed by atoms with Crippen molar-refractivity contribution in [3.8, 4) is 0 Å². The van der Waals surface area contributed by atoms with E-state index in [4.69, 9.17) is 14.2 Å². The standard InChI is InChI=1S/C50H98N2O6/c1-6-10-22-31-45(32-23-11-7-2)43-48(53)56-40-28-20-16-14-18-26-35-47(50(55)58-42-30-37-52-39-38-51-5)36-27-19-15-17-21-29-41-57-49(54)44-46(33-24-12-8-3)34-25-13-9-4/h45-47,51-52H,6-44H2,1-5H3. The van der Waals surface area contributed by atoms with Crippen molar-refractivity contribution in [2.24, 2.45) is 17.8 Å². The lowest BCUT2D eigenvalue weighted by Gasteiger charge is -2.17. The number of unbranched alkanes of at least 4 members (excludes halogenated alkanes) is 18. The zero-order chi connectivity index (χ0) is 42.6. The molecule has 0 saturated carbocycles. The Labute approximate surface area is 360 Å². The Hall–Kier alpha value is -1.67. The summed E-state index contributed by atoms with van der Waals surface area (Å²) >= 11 is 0. The molecule has 8 nitrogen and oxygen atoms in total. The van der Waals surface area contributed by atoms with Gasteiger partial charge in [-0.2, -0.15) is 0 Å². The van der Waals surface area contributed by atoms with Crippen LogP contribution in [0.2, 0.25) is 0 Å². The third-order valence-electron chi connectivity index (χ3n) is 11.8. The Morgan fingerprint density at radius 1 is 0.397 bits per heavy atom. The van der Waals surface area contributed by atoms with Crippen molar-refractivity contribution in [1.29, 1.82) is 0 Å². The third-order valence-corrected chi connectivity index (χ3v) is 11.8. The van der Waals surface area contributed by atoms with Crippen molar-refractivity contribution >= 4 is 17.9 Å². The molecule has 0 bridgehead atoms. The fourth-order valence-corrected chi connectivity index (χ4v) is 8.00. The summed E-state index contributed by atoms with van der Waals surface area (Å²) in [6.07, 6.45) is 36.2. The predicted molar refractivity (Wildman–Crippen MR) is 245 cm³/mol. The minimum atomic E-state index is -0.0187. The van der Waals surface area contributed by atoms with Gasteiger partial charge in [-0.15, -0.1) is 0 Å². The van der Waals surface area contributed by atoms with Crippen molar-refractivity contribution in [2.45, 2.75) is 240 Å². The van der Waals surface area contributed by atoms with E-state index in [9.17, 15) is 14.4 Å². The lowest BCUT2D eigenvalue weighted by Crippen LogP contribution is -2.26. The number of hydrogen-bond donors (Lipinski definition) is 2. The average molecular weight is 823 g/mol. The zero-order valence-corrected chi connectivity index (χ0v) is 39.3. The van der Waals surface area contributed by atoms with Crippen molar-refractivity contribution < 1.29 is 28.6 Å². The molecule has 0 aromatic carbocycles. The van der Waals surface area contributed by atoms with Crippen LogP contribution in [0.1, 0.15) is 240 Å². The lowest BCUT2D eigenvalue weighted by molar-refractivity contribution is -0.149. The van der Waals surface area contributed by atoms with Gasteiger partial charge in [0.2, 0.25) is 0 Å². The number of likely N-dealkylation sites (N-methyl/N-ethyl adjacent to an activating group) is 1.